The maximum atomic E-state index is 13.0. The highest BCUT2D eigenvalue weighted by Crippen LogP contribution is 2.32. The van der Waals surface area contributed by atoms with Crippen LogP contribution in [0.1, 0.15) is 6.92 Å². The maximum absolute atomic E-state index is 13.0. The van der Waals surface area contributed by atoms with E-state index in [4.69, 9.17) is 0 Å². The monoisotopic (exact) mass is 460 g/mol. The molecule has 1 saturated heterocycles. The van der Waals surface area contributed by atoms with Crippen molar-refractivity contribution in [2.24, 2.45) is 0 Å². The standard InChI is InChI=1S/C19H20N6O6S/c1-12(26)20-13-2-4-14(5-3-13)32(30,31)24-8-6-23(7-9-24)17-10-15-16(22-19(27)21-15)11-18(17)25(28)29/h2-5,10-11H,6-9H2,1H3,(H,20,26)(H2,21,22,27). The number of nitrogens with one attached hydrogen (secondary N) is 3. The molecule has 2 aromatic carbocycles. The molecule has 0 saturated carbocycles. The summed E-state index contributed by atoms with van der Waals surface area (Å²) >= 11 is 0. The number of nitrogens with zero attached hydrogens (tertiary/aromatic N) is 3. The Kier molecular flexibility index (Phi) is 5.44. The van der Waals surface area contributed by atoms with Crippen LogP contribution in [-0.2, 0) is 14.8 Å². The van der Waals surface area contributed by atoms with Gasteiger partial charge in [0, 0.05) is 44.9 Å². The van der Waals surface area contributed by atoms with E-state index in [2.05, 4.69) is 15.3 Å². The van der Waals surface area contributed by atoms with Crippen LogP contribution >= 0.6 is 0 Å². The Hall–Kier alpha value is -3.71. The van der Waals surface area contributed by atoms with Crippen molar-refractivity contribution in [2.75, 3.05) is 36.4 Å². The number of anilines is 2. The van der Waals surface area contributed by atoms with E-state index in [9.17, 15) is 28.1 Å². The van der Waals surface area contributed by atoms with Gasteiger partial charge in [-0.15, -0.1) is 0 Å². The molecule has 1 fully saturated rings. The number of fused-ring (bicyclic) bond motifs is 1. The first-order valence-corrected chi connectivity index (χ1v) is 11.1. The van der Waals surface area contributed by atoms with E-state index in [0.717, 1.165) is 0 Å². The minimum atomic E-state index is -3.76. The van der Waals surface area contributed by atoms with E-state index < -0.39 is 20.6 Å². The zero-order valence-electron chi connectivity index (χ0n) is 17.0. The number of aromatic nitrogens is 2. The Balaban J connectivity index is 1.54. The average molecular weight is 460 g/mol. The topological polar surface area (TPSA) is 162 Å². The molecule has 0 unspecified atom stereocenters. The van der Waals surface area contributed by atoms with Crippen molar-refractivity contribution in [1.82, 2.24) is 14.3 Å². The molecule has 0 bridgehead atoms. The fourth-order valence-corrected chi connectivity index (χ4v) is 5.11. The van der Waals surface area contributed by atoms with Crippen LogP contribution in [-0.4, -0.2) is 59.7 Å². The molecular weight excluding hydrogens is 440 g/mol. The number of carbonyl (C=O) groups is 1. The van der Waals surface area contributed by atoms with E-state index in [1.165, 1.54) is 47.6 Å². The lowest BCUT2D eigenvalue weighted by Crippen LogP contribution is -2.48. The Morgan fingerprint density at radius 2 is 1.66 bits per heavy atom. The first kappa shape index (κ1) is 21.5. The minimum Gasteiger partial charge on any atom is -0.363 e. The third-order valence-electron chi connectivity index (χ3n) is 5.20. The van der Waals surface area contributed by atoms with E-state index in [-0.39, 0.29) is 42.7 Å². The molecule has 0 aliphatic carbocycles. The van der Waals surface area contributed by atoms with Gasteiger partial charge < -0.3 is 20.2 Å². The van der Waals surface area contributed by atoms with Gasteiger partial charge in [0.1, 0.15) is 5.69 Å². The second-order valence-corrected chi connectivity index (χ2v) is 9.26. The first-order valence-electron chi connectivity index (χ1n) is 9.68. The number of nitro benzene ring substituents is 1. The highest BCUT2D eigenvalue weighted by atomic mass is 32.2. The lowest BCUT2D eigenvalue weighted by Gasteiger charge is -2.35. The van der Waals surface area contributed by atoms with Crippen molar-refractivity contribution in [1.29, 1.82) is 0 Å². The van der Waals surface area contributed by atoms with Gasteiger partial charge in [-0.25, -0.2) is 13.2 Å². The third kappa shape index (κ3) is 4.07. The Morgan fingerprint density at radius 1 is 1.06 bits per heavy atom. The number of imidazole rings is 1. The smallest absolute Gasteiger partial charge is 0.323 e. The molecule has 0 spiro atoms. The van der Waals surface area contributed by atoms with E-state index >= 15 is 0 Å². The number of rotatable bonds is 5. The minimum absolute atomic E-state index is 0.0948. The molecule has 4 rings (SSSR count). The lowest BCUT2D eigenvalue weighted by molar-refractivity contribution is -0.384. The van der Waals surface area contributed by atoms with E-state index in [1.807, 2.05) is 0 Å². The highest BCUT2D eigenvalue weighted by Gasteiger charge is 2.31. The summed E-state index contributed by atoms with van der Waals surface area (Å²) in [5, 5.41) is 14.1. The van der Waals surface area contributed by atoms with Crippen LogP contribution < -0.4 is 15.9 Å². The number of piperazine rings is 1. The second-order valence-electron chi connectivity index (χ2n) is 7.32. The molecule has 0 radical (unpaired) electrons. The number of amides is 1. The molecular formula is C19H20N6O6S. The number of carbonyl (C=O) groups excluding carboxylic acids is 1. The van der Waals surface area contributed by atoms with Crippen molar-refractivity contribution in [3.8, 4) is 0 Å². The van der Waals surface area contributed by atoms with Crippen LogP contribution in [0.5, 0.6) is 0 Å². The Bertz CT molecular complexity index is 1350. The fraction of sp³-hybridized carbons (Fsp3) is 0.263. The van der Waals surface area contributed by atoms with Gasteiger partial charge in [-0.2, -0.15) is 4.31 Å². The number of benzene rings is 2. The molecule has 1 aromatic heterocycles. The zero-order valence-corrected chi connectivity index (χ0v) is 17.8. The molecule has 32 heavy (non-hydrogen) atoms. The number of sulfonamides is 1. The van der Waals surface area contributed by atoms with Crippen LogP contribution in [0.4, 0.5) is 17.1 Å². The predicted molar refractivity (Wildman–Crippen MR) is 117 cm³/mol. The summed E-state index contributed by atoms with van der Waals surface area (Å²) in [5.74, 6) is -0.257. The van der Waals surface area contributed by atoms with Crippen LogP contribution in [0.2, 0.25) is 0 Å². The van der Waals surface area contributed by atoms with Gasteiger partial charge in [0.15, 0.2) is 0 Å². The molecule has 3 N–H and O–H groups in total. The van der Waals surface area contributed by atoms with Gasteiger partial charge in [0.2, 0.25) is 15.9 Å². The SMILES string of the molecule is CC(=O)Nc1ccc(S(=O)(=O)N2CCN(c3cc4[nH]c(=O)[nH]c4cc3[N+](=O)[O-])CC2)cc1. The highest BCUT2D eigenvalue weighted by molar-refractivity contribution is 7.89. The molecule has 1 aliphatic heterocycles. The van der Waals surface area contributed by atoms with Crippen molar-refractivity contribution in [2.45, 2.75) is 11.8 Å². The number of nitro groups is 1. The molecule has 3 aromatic rings. The lowest BCUT2D eigenvalue weighted by atomic mass is 10.2. The van der Waals surface area contributed by atoms with Crippen molar-refractivity contribution >= 4 is 44.0 Å². The van der Waals surface area contributed by atoms with Gasteiger partial charge >= 0.3 is 5.69 Å². The quantitative estimate of drug-likeness (QED) is 0.381. The van der Waals surface area contributed by atoms with Gasteiger partial charge in [-0.3, -0.25) is 14.9 Å². The summed E-state index contributed by atoms with van der Waals surface area (Å²) in [7, 11) is -3.76. The fourth-order valence-electron chi connectivity index (χ4n) is 3.69. The molecule has 12 nitrogen and oxygen atoms in total. The van der Waals surface area contributed by atoms with Crippen molar-refractivity contribution in [3.63, 3.8) is 0 Å². The summed E-state index contributed by atoms with van der Waals surface area (Å²) in [6.07, 6.45) is 0. The third-order valence-corrected chi connectivity index (χ3v) is 7.11. The zero-order chi connectivity index (χ0) is 23.0. The molecule has 1 amide bonds. The average Bonchev–Trinajstić information content (AvgIpc) is 3.12. The van der Waals surface area contributed by atoms with Crippen molar-refractivity contribution < 1.29 is 18.1 Å². The number of hydrogen-bond donors (Lipinski definition) is 3. The molecule has 1 aliphatic rings. The molecule has 0 atom stereocenters. The second kappa shape index (κ2) is 8.09. The van der Waals surface area contributed by atoms with Crippen LogP contribution in [0.3, 0.4) is 0 Å². The van der Waals surface area contributed by atoms with E-state index in [0.29, 0.717) is 22.4 Å². The number of H-pyrrole nitrogens is 2. The van der Waals surface area contributed by atoms with Gasteiger partial charge in [-0.05, 0) is 30.3 Å². The normalized spacial score (nSPS) is 15.1. The predicted octanol–water partition coefficient (Wildman–Crippen LogP) is 1.23. The molecule has 2 heterocycles. The summed E-state index contributed by atoms with van der Waals surface area (Å²) in [4.78, 5) is 40.6. The van der Waals surface area contributed by atoms with E-state index in [1.54, 1.807) is 4.90 Å². The molecule has 168 valence electrons. The van der Waals surface area contributed by atoms with Gasteiger partial charge in [-0.1, -0.05) is 0 Å². The van der Waals surface area contributed by atoms with Gasteiger partial charge in [0.05, 0.1) is 20.9 Å². The summed E-state index contributed by atoms with van der Waals surface area (Å²) in [6, 6.07) is 8.70. The van der Waals surface area contributed by atoms with Crippen LogP contribution in [0.15, 0.2) is 46.1 Å². The molecule has 13 heteroatoms. The summed E-state index contributed by atoms with van der Waals surface area (Å²) in [6.45, 7) is 2.11. The summed E-state index contributed by atoms with van der Waals surface area (Å²) in [5.41, 5.74) is 0.935. The van der Waals surface area contributed by atoms with Crippen LogP contribution in [0, 0.1) is 10.1 Å². The van der Waals surface area contributed by atoms with Gasteiger partial charge in [0.25, 0.3) is 5.69 Å². The van der Waals surface area contributed by atoms with Crippen LogP contribution in [0.25, 0.3) is 11.0 Å². The number of aromatic amines is 2. The Morgan fingerprint density at radius 3 is 2.22 bits per heavy atom. The largest absolute Gasteiger partial charge is 0.363 e. The number of hydrogen-bond acceptors (Lipinski definition) is 7. The Labute approximate surface area is 182 Å². The summed E-state index contributed by atoms with van der Waals surface area (Å²) < 4.78 is 27.3. The maximum Gasteiger partial charge on any atom is 0.323 e. The first-order chi connectivity index (χ1) is 15.1. The van der Waals surface area contributed by atoms with Crippen molar-refractivity contribution in [3.05, 3.63) is 57.0 Å².